The van der Waals surface area contributed by atoms with Crippen molar-refractivity contribution in [3.8, 4) is 0 Å². The maximum Gasteiger partial charge on any atom is 0.256 e. The molecule has 1 aliphatic rings. The predicted molar refractivity (Wildman–Crippen MR) is 115 cm³/mol. The minimum atomic E-state index is -0.141. The first-order valence-electron chi connectivity index (χ1n) is 10.0. The van der Waals surface area contributed by atoms with E-state index in [-0.39, 0.29) is 11.9 Å². The Labute approximate surface area is 170 Å². The summed E-state index contributed by atoms with van der Waals surface area (Å²) in [7, 11) is 0. The van der Waals surface area contributed by atoms with E-state index in [1.54, 1.807) is 6.20 Å². The van der Waals surface area contributed by atoms with Gasteiger partial charge in [-0.2, -0.15) is 0 Å². The summed E-state index contributed by atoms with van der Waals surface area (Å²) in [6.07, 6.45) is 2.57. The monoisotopic (exact) mass is 381 g/mol. The minimum Gasteiger partial charge on any atom is -0.356 e. The second kappa shape index (κ2) is 6.89. The third-order valence-electron chi connectivity index (χ3n) is 5.89. The number of rotatable bonds is 2. The molecule has 2 aromatic carbocycles. The number of aromatic nitrogens is 2. The van der Waals surface area contributed by atoms with Gasteiger partial charge in [0.1, 0.15) is 0 Å². The number of nitrogens with zero attached hydrogens (tertiary/aromatic N) is 2. The number of H-pyrrole nitrogens is 1. The van der Waals surface area contributed by atoms with E-state index in [2.05, 4.69) is 59.4 Å². The van der Waals surface area contributed by atoms with Gasteiger partial charge in [0, 0.05) is 35.0 Å². The Bertz CT molecular complexity index is 1220. The van der Waals surface area contributed by atoms with Crippen LogP contribution in [0.4, 0.5) is 0 Å². The zero-order chi connectivity index (χ0) is 20.0. The number of fused-ring (bicyclic) bond motifs is 3. The predicted octanol–water partition coefficient (Wildman–Crippen LogP) is 4.97. The van der Waals surface area contributed by atoms with Crippen LogP contribution in [0.25, 0.3) is 10.9 Å². The third kappa shape index (κ3) is 2.92. The number of nitrogens with one attached hydrogen (secondary N) is 1. The van der Waals surface area contributed by atoms with Gasteiger partial charge in [-0.15, -0.1) is 0 Å². The molecule has 4 heteroatoms. The molecule has 5 rings (SSSR count). The van der Waals surface area contributed by atoms with Crippen molar-refractivity contribution >= 4 is 16.8 Å². The Balaban J connectivity index is 1.69. The van der Waals surface area contributed by atoms with Crippen LogP contribution in [-0.2, 0) is 6.42 Å². The van der Waals surface area contributed by atoms with E-state index in [1.165, 1.54) is 16.5 Å². The van der Waals surface area contributed by atoms with Crippen molar-refractivity contribution in [2.45, 2.75) is 26.3 Å². The van der Waals surface area contributed by atoms with Gasteiger partial charge in [-0.1, -0.05) is 48.0 Å². The standard InChI is InChI=1S/C25H23N3O/c1-16-7-5-8-18(15-16)24-23-21(20-9-3-4-11-22(20)27-23)12-14-28(24)25(29)19-10-6-13-26-17(19)2/h3-11,13,15,24,27H,12,14H2,1-2H3/t24-/m0/s1. The molecule has 1 amide bonds. The molecule has 0 unspecified atom stereocenters. The number of amides is 1. The largest absolute Gasteiger partial charge is 0.356 e. The fourth-order valence-corrected chi connectivity index (χ4v) is 4.51. The summed E-state index contributed by atoms with van der Waals surface area (Å²) >= 11 is 0. The van der Waals surface area contributed by atoms with Gasteiger partial charge in [-0.05, 0) is 49.6 Å². The zero-order valence-electron chi connectivity index (χ0n) is 16.6. The molecule has 1 N–H and O–H groups in total. The molecule has 144 valence electrons. The van der Waals surface area contributed by atoms with Gasteiger partial charge in [-0.3, -0.25) is 9.78 Å². The van der Waals surface area contributed by atoms with E-state index in [1.807, 2.05) is 30.0 Å². The average molecular weight is 381 g/mol. The Morgan fingerprint density at radius 3 is 2.76 bits per heavy atom. The summed E-state index contributed by atoms with van der Waals surface area (Å²) in [4.78, 5) is 23.5. The van der Waals surface area contributed by atoms with E-state index < -0.39 is 0 Å². The van der Waals surface area contributed by atoms with Gasteiger partial charge >= 0.3 is 0 Å². The molecular formula is C25H23N3O. The van der Waals surface area contributed by atoms with Crippen molar-refractivity contribution < 1.29 is 4.79 Å². The van der Waals surface area contributed by atoms with Crippen LogP contribution in [0.1, 0.15) is 44.5 Å². The topological polar surface area (TPSA) is 49.0 Å². The molecule has 0 saturated heterocycles. The number of carbonyl (C=O) groups excluding carboxylic acids is 1. The lowest BCUT2D eigenvalue weighted by molar-refractivity contribution is 0.0690. The van der Waals surface area contributed by atoms with Crippen LogP contribution in [0.2, 0.25) is 0 Å². The maximum absolute atomic E-state index is 13.6. The van der Waals surface area contributed by atoms with Gasteiger partial charge in [0.25, 0.3) is 5.91 Å². The molecule has 0 spiro atoms. The molecule has 29 heavy (non-hydrogen) atoms. The molecule has 4 nitrogen and oxygen atoms in total. The van der Waals surface area contributed by atoms with E-state index in [4.69, 9.17) is 0 Å². The minimum absolute atomic E-state index is 0.0337. The molecule has 1 aliphatic heterocycles. The Morgan fingerprint density at radius 1 is 1.07 bits per heavy atom. The first-order valence-corrected chi connectivity index (χ1v) is 10.0. The summed E-state index contributed by atoms with van der Waals surface area (Å²) in [5, 5.41) is 1.25. The second-order valence-corrected chi connectivity index (χ2v) is 7.76. The number of aromatic amines is 1. The highest BCUT2D eigenvalue weighted by Crippen LogP contribution is 2.39. The van der Waals surface area contributed by atoms with Crippen LogP contribution in [0.3, 0.4) is 0 Å². The van der Waals surface area contributed by atoms with Crippen molar-refractivity contribution in [2.75, 3.05) is 6.54 Å². The second-order valence-electron chi connectivity index (χ2n) is 7.76. The first kappa shape index (κ1) is 17.7. The summed E-state index contributed by atoms with van der Waals surface area (Å²) < 4.78 is 0. The van der Waals surface area contributed by atoms with Crippen molar-refractivity contribution in [1.82, 2.24) is 14.9 Å². The summed E-state index contributed by atoms with van der Waals surface area (Å²) in [5.74, 6) is 0.0337. The molecular weight excluding hydrogens is 358 g/mol. The molecule has 0 aliphatic carbocycles. The van der Waals surface area contributed by atoms with Gasteiger partial charge < -0.3 is 9.88 Å². The van der Waals surface area contributed by atoms with Crippen molar-refractivity contribution in [3.05, 3.63) is 101 Å². The smallest absolute Gasteiger partial charge is 0.256 e. The number of aryl methyl sites for hydroxylation is 2. The zero-order valence-corrected chi connectivity index (χ0v) is 16.6. The molecule has 0 radical (unpaired) electrons. The third-order valence-corrected chi connectivity index (χ3v) is 5.89. The lowest BCUT2D eigenvalue weighted by Crippen LogP contribution is -2.41. The Kier molecular flexibility index (Phi) is 4.20. The molecule has 1 atom stereocenters. The van der Waals surface area contributed by atoms with Crippen LogP contribution in [-0.4, -0.2) is 27.3 Å². The van der Waals surface area contributed by atoms with Crippen molar-refractivity contribution in [2.24, 2.45) is 0 Å². The maximum atomic E-state index is 13.6. The van der Waals surface area contributed by atoms with Gasteiger partial charge in [0.15, 0.2) is 0 Å². The Morgan fingerprint density at radius 2 is 1.93 bits per heavy atom. The summed E-state index contributed by atoms with van der Waals surface area (Å²) in [6.45, 7) is 4.67. The van der Waals surface area contributed by atoms with E-state index in [0.29, 0.717) is 12.1 Å². The fraction of sp³-hybridized carbons (Fsp3) is 0.200. The summed E-state index contributed by atoms with van der Waals surface area (Å²) in [6, 6.07) is 20.4. The number of hydrogen-bond donors (Lipinski definition) is 1. The van der Waals surface area contributed by atoms with Crippen molar-refractivity contribution in [3.63, 3.8) is 0 Å². The lowest BCUT2D eigenvalue weighted by atomic mass is 9.91. The van der Waals surface area contributed by atoms with E-state index >= 15 is 0 Å². The SMILES string of the molecule is Cc1cccc([C@H]2c3[nH]c4ccccc4c3CCN2C(=O)c2cccnc2C)c1. The Hall–Kier alpha value is -3.40. The van der Waals surface area contributed by atoms with Gasteiger partial charge in [0.05, 0.1) is 11.6 Å². The molecule has 0 fully saturated rings. The fourth-order valence-electron chi connectivity index (χ4n) is 4.51. The highest BCUT2D eigenvalue weighted by Gasteiger charge is 2.35. The molecule has 3 heterocycles. The van der Waals surface area contributed by atoms with Crippen LogP contribution < -0.4 is 0 Å². The summed E-state index contributed by atoms with van der Waals surface area (Å²) in [5.41, 5.74) is 7.33. The molecule has 2 aromatic heterocycles. The van der Waals surface area contributed by atoms with Crippen molar-refractivity contribution in [1.29, 1.82) is 0 Å². The van der Waals surface area contributed by atoms with Crippen LogP contribution >= 0.6 is 0 Å². The molecule has 4 aromatic rings. The lowest BCUT2D eigenvalue weighted by Gasteiger charge is -2.36. The normalized spacial score (nSPS) is 16.1. The number of carbonyl (C=O) groups is 1. The number of benzene rings is 2. The number of pyridine rings is 1. The van der Waals surface area contributed by atoms with Gasteiger partial charge in [0.2, 0.25) is 0 Å². The molecule has 0 saturated carbocycles. The van der Waals surface area contributed by atoms with Crippen LogP contribution in [0.15, 0.2) is 66.9 Å². The van der Waals surface area contributed by atoms with E-state index in [9.17, 15) is 4.79 Å². The van der Waals surface area contributed by atoms with E-state index in [0.717, 1.165) is 28.9 Å². The first-order chi connectivity index (χ1) is 14.1. The molecule has 0 bridgehead atoms. The van der Waals surface area contributed by atoms with Gasteiger partial charge in [-0.25, -0.2) is 0 Å². The number of para-hydroxylation sites is 1. The highest BCUT2D eigenvalue weighted by molar-refractivity contribution is 5.96. The number of hydrogen-bond acceptors (Lipinski definition) is 2. The van der Waals surface area contributed by atoms with Crippen LogP contribution in [0, 0.1) is 13.8 Å². The van der Waals surface area contributed by atoms with Crippen LogP contribution in [0.5, 0.6) is 0 Å². The average Bonchev–Trinajstić information content (AvgIpc) is 3.11. The highest BCUT2D eigenvalue weighted by atomic mass is 16.2. The quantitative estimate of drug-likeness (QED) is 0.533.